The van der Waals surface area contributed by atoms with E-state index in [9.17, 15) is 24.3 Å². The van der Waals surface area contributed by atoms with Crippen molar-refractivity contribution in [3.05, 3.63) is 24.3 Å². The third-order valence-corrected chi connectivity index (χ3v) is 4.89. The number of carboxylic acids is 1. The molecule has 1 saturated carbocycles. The molecular weight excluding hydrogens is 356 g/mol. The summed E-state index contributed by atoms with van der Waals surface area (Å²) in [5.41, 5.74) is 0.536. The van der Waals surface area contributed by atoms with Crippen molar-refractivity contribution < 1.29 is 38.5 Å². The van der Waals surface area contributed by atoms with Crippen LogP contribution in [-0.4, -0.2) is 47.3 Å². The first-order valence-corrected chi connectivity index (χ1v) is 8.76. The lowest BCUT2D eigenvalue weighted by Gasteiger charge is -2.35. The van der Waals surface area contributed by atoms with E-state index in [2.05, 4.69) is 13.2 Å². The zero-order chi connectivity index (χ0) is 20.3. The fourth-order valence-electron chi connectivity index (χ4n) is 3.67. The lowest BCUT2D eigenvalue weighted by Crippen LogP contribution is -2.45. The van der Waals surface area contributed by atoms with Gasteiger partial charge in [-0.15, -0.1) is 0 Å². The average molecular weight is 380 g/mol. The molecule has 1 unspecified atom stereocenters. The first-order valence-electron chi connectivity index (χ1n) is 8.76. The van der Waals surface area contributed by atoms with Gasteiger partial charge in [-0.2, -0.15) is 0 Å². The van der Waals surface area contributed by atoms with Crippen molar-refractivity contribution in [2.45, 2.75) is 57.8 Å². The van der Waals surface area contributed by atoms with Crippen LogP contribution in [0.2, 0.25) is 0 Å². The van der Waals surface area contributed by atoms with Gasteiger partial charge in [0.1, 0.15) is 6.10 Å². The van der Waals surface area contributed by atoms with E-state index in [4.69, 9.17) is 14.2 Å². The predicted octanol–water partition coefficient (Wildman–Crippen LogP) is 1.78. The van der Waals surface area contributed by atoms with Crippen molar-refractivity contribution in [1.29, 1.82) is 0 Å². The first-order chi connectivity index (χ1) is 12.6. The van der Waals surface area contributed by atoms with Crippen LogP contribution in [0.25, 0.3) is 0 Å². The van der Waals surface area contributed by atoms with Gasteiger partial charge in [-0.3, -0.25) is 14.4 Å². The Morgan fingerprint density at radius 2 is 1.78 bits per heavy atom. The summed E-state index contributed by atoms with van der Waals surface area (Å²) >= 11 is 0. The van der Waals surface area contributed by atoms with E-state index < -0.39 is 54.0 Å². The predicted molar refractivity (Wildman–Crippen MR) is 92.4 cm³/mol. The van der Waals surface area contributed by atoms with Gasteiger partial charge < -0.3 is 19.3 Å². The molecule has 1 N–H and O–H groups in total. The molecule has 0 aromatic carbocycles. The minimum absolute atomic E-state index is 0.0564. The molecule has 0 bridgehead atoms. The van der Waals surface area contributed by atoms with Crippen molar-refractivity contribution in [2.75, 3.05) is 0 Å². The van der Waals surface area contributed by atoms with Crippen LogP contribution in [0.15, 0.2) is 24.3 Å². The van der Waals surface area contributed by atoms with Crippen LogP contribution in [0.5, 0.6) is 0 Å². The van der Waals surface area contributed by atoms with Crippen LogP contribution in [0.1, 0.15) is 39.5 Å². The van der Waals surface area contributed by atoms with Gasteiger partial charge in [0.05, 0.1) is 11.8 Å². The SMILES string of the molecule is C=C1C(=O)O[C@H]2CC(C(=O)O)CCCC(=C)[C@@H](OC(C)=O)[C@@H](OC(C)=O)[C@H]12. The highest BCUT2D eigenvalue weighted by molar-refractivity contribution is 5.91. The molecule has 0 aromatic rings. The Morgan fingerprint density at radius 1 is 1.15 bits per heavy atom. The van der Waals surface area contributed by atoms with Gasteiger partial charge in [-0.1, -0.05) is 13.2 Å². The number of esters is 3. The summed E-state index contributed by atoms with van der Waals surface area (Å²) in [6.07, 6.45) is -1.61. The van der Waals surface area contributed by atoms with E-state index in [0.717, 1.165) is 0 Å². The highest BCUT2D eigenvalue weighted by atomic mass is 16.6. The maximum Gasteiger partial charge on any atom is 0.334 e. The number of hydrogen-bond donors (Lipinski definition) is 1. The quantitative estimate of drug-likeness (QED) is 0.341. The van der Waals surface area contributed by atoms with Crippen molar-refractivity contribution in [3.63, 3.8) is 0 Å². The third kappa shape index (κ3) is 4.75. The van der Waals surface area contributed by atoms with E-state index in [1.165, 1.54) is 13.8 Å². The number of fused-ring (bicyclic) bond motifs is 1. The van der Waals surface area contributed by atoms with Crippen molar-refractivity contribution in [2.24, 2.45) is 11.8 Å². The van der Waals surface area contributed by atoms with Crippen LogP contribution in [0.3, 0.4) is 0 Å². The molecule has 0 spiro atoms. The Bertz CT molecular complexity index is 679. The van der Waals surface area contributed by atoms with Crippen molar-refractivity contribution >= 4 is 23.9 Å². The van der Waals surface area contributed by atoms with Crippen molar-refractivity contribution in [3.8, 4) is 0 Å². The maximum absolute atomic E-state index is 12.1. The molecule has 5 atom stereocenters. The second-order valence-corrected chi connectivity index (χ2v) is 6.92. The largest absolute Gasteiger partial charge is 0.481 e. The Morgan fingerprint density at radius 3 is 2.33 bits per heavy atom. The van der Waals surface area contributed by atoms with E-state index in [1.54, 1.807) is 0 Å². The molecule has 1 heterocycles. The summed E-state index contributed by atoms with van der Waals surface area (Å²) in [5.74, 6) is -4.46. The Balaban J connectivity index is 2.50. The summed E-state index contributed by atoms with van der Waals surface area (Å²) in [7, 11) is 0. The normalized spacial score (nSPS) is 31.5. The standard InChI is InChI=1S/C19H24O8/c1-9-6-5-7-13(18(22)23)8-14-15(10(2)19(24)27-14)17(26-12(4)21)16(9)25-11(3)20/h13-17H,1-2,5-8H2,3-4H3,(H,22,23)/t13?,14-,15+,16+,17-/m0/s1. The zero-order valence-corrected chi connectivity index (χ0v) is 15.4. The zero-order valence-electron chi connectivity index (χ0n) is 15.4. The minimum Gasteiger partial charge on any atom is -0.481 e. The molecule has 2 fully saturated rings. The molecule has 0 amide bonds. The maximum atomic E-state index is 12.1. The number of carbonyl (C=O) groups is 4. The first kappa shape index (κ1) is 20.7. The van der Waals surface area contributed by atoms with Crippen molar-refractivity contribution in [1.82, 2.24) is 0 Å². The summed E-state index contributed by atoms with van der Waals surface area (Å²) in [5, 5.41) is 9.48. The van der Waals surface area contributed by atoms with Gasteiger partial charge in [0.2, 0.25) is 0 Å². The summed E-state index contributed by atoms with van der Waals surface area (Å²) in [6.45, 7) is 10.1. The molecule has 2 rings (SSSR count). The molecule has 1 saturated heterocycles. The number of carbonyl (C=O) groups excluding carboxylic acids is 3. The smallest absolute Gasteiger partial charge is 0.334 e. The van der Waals surface area contributed by atoms with Gasteiger partial charge in [0, 0.05) is 19.4 Å². The number of rotatable bonds is 3. The Hall–Kier alpha value is -2.64. The molecule has 2 aliphatic rings. The molecule has 0 radical (unpaired) electrons. The van der Waals surface area contributed by atoms with Crippen LogP contribution in [0.4, 0.5) is 0 Å². The van der Waals surface area contributed by atoms with Gasteiger partial charge in [0.25, 0.3) is 0 Å². The lowest BCUT2D eigenvalue weighted by atomic mass is 9.79. The second-order valence-electron chi connectivity index (χ2n) is 6.92. The molecule has 27 heavy (non-hydrogen) atoms. The molecule has 8 heteroatoms. The van der Waals surface area contributed by atoms with Crippen LogP contribution in [0, 0.1) is 11.8 Å². The Kier molecular flexibility index (Phi) is 6.41. The van der Waals surface area contributed by atoms with E-state index in [1.807, 2.05) is 0 Å². The highest BCUT2D eigenvalue weighted by Gasteiger charge is 2.50. The summed E-state index contributed by atoms with van der Waals surface area (Å²) < 4.78 is 16.1. The topological polar surface area (TPSA) is 116 Å². The fraction of sp³-hybridized carbons (Fsp3) is 0.579. The lowest BCUT2D eigenvalue weighted by molar-refractivity contribution is -0.168. The number of hydrogen-bond acceptors (Lipinski definition) is 7. The monoisotopic (exact) mass is 380 g/mol. The van der Waals surface area contributed by atoms with Crippen LogP contribution >= 0.6 is 0 Å². The molecule has 1 aliphatic heterocycles. The third-order valence-electron chi connectivity index (χ3n) is 4.89. The molecule has 148 valence electrons. The van der Waals surface area contributed by atoms with Gasteiger partial charge in [-0.05, 0) is 31.3 Å². The molecule has 0 aromatic heterocycles. The minimum atomic E-state index is -1.07. The Labute approximate surface area is 157 Å². The van der Waals surface area contributed by atoms with Gasteiger partial charge in [-0.25, -0.2) is 4.79 Å². The number of aliphatic carboxylic acids is 1. The second kappa shape index (κ2) is 8.37. The average Bonchev–Trinajstić information content (AvgIpc) is 2.83. The van der Waals surface area contributed by atoms with Gasteiger partial charge in [0.15, 0.2) is 12.2 Å². The van der Waals surface area contributed by atoms with Crippen LogP contribution < -0.4 is 0 Å². The van der Waals surface area contributed by atoms with E-state index in [0.29, 0.717) is 24.8 Å². The molecule has 1 aliphatic carbocycles. The highest BCUT2D eigenvalue weighted by Crippen LogP contribution is 2.40. The van der Waals surface area contributed by atoms with Crippen LogP contribution in [-0.2, 0) is 33.4 Å². The number of carboxylic acid groups (broad SMARTS) is 1. The molecular formula is C19H24O8. The van der Waals surface area contributed by atoms with E-state index in [-0.39, 0.29) is 12.0 Å². The summed E-state index contributed by atoms with van der Waals surface area (Å²) in [4.78, 5) is 47.0. The molecule has 8 nitrogen and oxygen atoms in total. The number of ether oxygens (including phenoxy) is 3. The van der Waals surface area contributed by atoms with Gasteiger partial charge >= 0.3 is 23.9 Å². The fourth-order valence-corrected chi connectivity index (χ4v) is 3.67. The van der Waals surface area contributed by atoms with E-state index >= 15 is 0 Å². The summed E-state index contributed by atoms with van der Waals surface area (Å²) in [6, 6.07) is 0.